The van der Waals surface area contributed by atoms with E-state index in [1.54, 1.807) is 13.3 Å². The minimum absolute atomic E-state index is 0.477. The summed E-state index contributed by atoms with van der Waals surface area (Å²) in [5, 5.41) is 4.49. The third kappa shape index (κ3) is 2.29. The van der Waals surface area contributed by atoms with E-state index in [4.69, 9.17) is 4.74 Å². The van der Waals surface area contributed by atoms with Crippen LogP contribution in [0.15, 0.2) is 43.0 Å². The van der Waals surface area contributed by atoms with Gasteiger partial charge in [0.25, 0.3) is 0 Å². The van der Waals surface area contributed by atoms with Crippen LogP contribution >= 0.6 is 0 Å². The van der Waals surface area contributed by atoms with Crippen molar-refractivity contribution in [2.45, 2.75) is 12.5 Å². The molecule has 0 bridgehead atoms. The van der Waals surface area contributed by atoms with Crippen LogP contribution in [0.5, 0.6) is 5.75 Å². The molecule has 2 N–H and O–H groups in total. The number of ether oxygens (including phenoxy) is 1. The number of fused-ring (bicyclic) bond motifs is 2. The van der Waals surface area contributed by atoms with Gasteiger partial charge < -0.3 is 19.6 Å². The average Bonchev–Trinajstić information content (AvgIpc) is 3.38. The van der Waals surface area contributed by atoms with Crippen molar-refractivity contribution in [1.82, 2.24) is 24.8 Å². The zero-order valence-electron chi connectivity index (χ0n) is 14.0. The summed E-state index contributed by atoms with van der Waals surface area (Å²) in [7, 11) is 1.66. The van der Waals surface area contributed by atoms with Crippen molar-refractivity contribution in [3.63, 3.8) is 0 Å². The minimum Gasteiger partial charge on any atom is -0.495 e. The van der Waals surface area contributed by atoms with Gasteiger partial charge in [0.05, 0.1) is 30.7 Å². The molecular weight excluding hydrogens is 314 g/mol. The number of H-pyrrole nitrogens is 1. The van der Waals surface area contributed by atoms with Crippen LogP contribution in [-0.4, -0.2) is 39.7 Å². The first-order chi connectivity index (χ1) is 12.3. The Morgan fingerprint density at radius 2 is 2.20 bits per heavy atom. The zero-order chi connectivity index (χ0) is 16.8. The van der Waals surface area contributed by atoms with Crippen LogP contribution in [0.1, 0.15) is 12.5 Å². The summed E-state index contributed by atoms with van der Waals surface area (Å²) in [6, 6.07) is 8.94. The monoisotopic (exact) mass is 333 g/mol. The average molecular weight is 333 g/mol. The van der Waals surface area contributed by atoms with Crippen LogP contribution in [-0.2, 0) is 0 Å². The number of rotatable bonds is 3. The molecule has 0 aliphatic carbocycles. The summed E-state index contributed by atoms with van der Waals surface area (Å²) in [5.74, 6) is 0.761. The molecule has 1 aliphatic rings. The number of imidazole rings is 1. The molecule has 1 unspecified atom stereocenters. The van der Waals surface area contributed by atoms with E-state index in [-0.39, 0.29) is 0 Å². The highest BCUT2D eigenvalue weighted by atomic mass is 16.5. The van der Waals surface area contributed by atoms with Crippen molar-refractivity contribution in [2.75, 3.05) is 20.2 Å². The molecule has 0 saturated carbocycles. The highest BCUT2D eigenvalue weighted by Crippen LogP contribution is 2.32. The van der Waals surface area contributed by atoms with Crippen LogP contribution in [0.25, 0.3) is 33.2 Å². The molecule has 6 heteroatoms. The molecule has 1 atom stereocenters. The van der Waals surface area contributed by atoms with Gasteiger partial charge in [-0.1, -0.05) is 6.07 Å². The standard InChI is InChI=1S/C19H19N5O/c1-25-14-7-15-16(10-22-19(15)21-9-14)12-2-3-17-18(6-12)24(11-23-17)13-4-5-20-8-13/h2-3,6-7,9-11,13,20H,4-5,8H2,1H3,(H,21,22). The maximum Gasteiger partial charge on any atom is 0.138 e. The predicted octanol–water partition coefficient (Wildman–Crippen LogP) is 3.12. The minimum atomic E-state index is 0.477. The first-order valence-corrected chi connectivity index (χ1v) is 8.52. The quantitative estimate of drug-likeness (QED) is 0.604. The number of nitrogens with one attached hydrogen (secondary N) is 2. The van der Waals surface area contributed by atoms with Crippen LogP contribution in [0.4, 0.5) is 0 Å². The number of hydrogen-bond donors (Lipinski definition) is 2. The number of benzene rings is 1. The largest absolute Gasteiger partial charge is 0.495 e. The maximum absolute atomic E-state index is 5.33. The van der Waals surface area contributed by atoms with Crippen molar-refractivity contribution in [3.05, 3.63) is 43.0 Å². The number of nitrogens with zero attached hydrogens (tertiary/aromatic N) is 3. The van der Waals surface area contributed by atoms with Crippen molar-refractivity contribution in [3.8, 4) is 16.9 Å². The lowest BCUT2D eigenvalue weighted by Crippen LogP contribution is -2.12. The smallest absolute Gasteiger partial charge is 0.138 e. The Labute approximate surface area is 144 Å². The van der Waals surface area contributed by atoms with Gasteiger partial charge in [-0.25, -0.2) is 9.97 Å². The maximum atomic E-state index is 5.33. The van der Waals surface area contributed by atoms with Gasteiger partial charge in [-0.15, -0.1) is 0 Å². The van der Waals surface area contributed by atoms with Crippen LogP contribution < -0.4 is 10.1 Å². The Balaban J connectivity index is 1.66. The van der Waals surface area contributed by atoms with E-state index >= 15 is 0 Å². The molecule has 5 rings (SSSR count). The van der Waals surface area contributed by atoms with E-state index < -0.39 is 0 Å². The Hall–Kier alpha value is -2.86. The predicted molar refractivity (Wildman–Crippen MR) is 97.9 cm³/mol. The first kappa shape index (κ1) is 14.5. The third-order valence-electron chi connectivity index (χ3n) is 5.06. The van der Waals surface area contributed by atoms with E-state index in [0.29, 0.717) is 6.04 Å². The molecule has 0 spiro atoms. The van der Waals surface area contributed by atoms with Crippen LogP contribution in [0, 0.1) is 0 Å². The molecule has 1 fully saturated rings. The molecule has 0 amide bonds. The lowest BCUT2D eigenvalue weighted by Gasteiger charge is -2.12. The van der Waals surface area contributed by atoms with E-state index in [0.717, 1.165) is 52.9 Å². The van der Waals surface area contributed by atoms with E-state index in [1.807, 2.05) is 18.6 Å². The molecule has 1 aliphatic heterocycles. The normalized spacial score (nSPS) is 17.6. The second kappa shape index (κ2) is 5.60. The molecule has 25 heavy (non-hydrogen) atoms. The van der Waals surface area contributed by atoms with Crippen LogP contribution in [0.2, 0.25) is 0 Å². The highest BCUT2D eigenvalue weighted by Gasteiger charge is 2.19. The number of aromatic nitrogens is 4. The molecule has 4 aromatic rings. The molecule has 6 nitrogen and oxygen atoms in total. The highest BCUT2D eigenvalue weighted by molar-refractivity contribution is 5.96. The number of pyridine rings is 1. The Kier molecular flexibility index (Phi) is 3.24. The van der Waals surface area contributed by atoms with Gasteiger partial charge in [-0.2, -0.15) is 0 Å². The Morgan fingerprint density at radius 3 is 3.04 bits per heavy atom. The Morgan fingerprint density at radius 1 is 1.24 bits per heavy atom. The molecule has 1 saturated heterocycles. The number of aromatic amines is 1. The second-order valence-electron chi connectivity index (χ2n) is 6.48. The summed E-state index contributed by atoms with van der Waals surface area (Å²) in [4.78, 5) is 12.2. The molecule has 4 heterocycles. The number of methoxy groups -OCH3 is 1. The van der Waals surface area contributed by atoms with E-state index in [2.05, 4.69) is 43.0 Å². The van der Waals surface area contributed by atoms with Gasteiger partial charge in [0.2, 0.25) is 0 Å². The lowest BCUT2D eigenvalue weighted by molar-refractivity contribution is 0.414. The number of hydrogen-bond acceptors (Lipinski definition) is 4. The zero-order valence-corrected chi connectivity index (χ0v) is 14.0. The van der Waals surface area contributed by atoms with Crippen molar-refractivity contribution in [1.29, 1.82) is 0 Å². The van der Waals surface area contributed by atoms with Gasteiger partial charge in [-0.05, 0) is 36.7 Å². The SMILES string of the molecule is COc1cnc2[nH]cc(-c3ccc4ncn(C5CCNC5)c4c3)c2c1. The van der Waals surface area contributed by atoms with Gasteiger partial charge in [0.15, 0.2) is 0 Å². The molecule has 1 aromatic carbocycles. The second-order valence-corrected chi connectivity index (χ2v) is 6.48. The van der Waals surface area contributed by atoms with Gasteiger partial charge in [-0.3, -0.25) is 0 Å². The Bertz CT molecular complexity index is 1060. The summed E-state index contributed by atoms with van der Waals surface area (Å²) < 4.78 is 7.63. The fraction of sp³-hybridized carbons (Fsp3) is 0.263. The fourth-order valence-electron chi connectivity index (χ4n) is 3.70. The molecule has 0 radical (unpaired) electrons. The van der Waals surface area contributed by atoms with Crippen molar-refractivity contribution in [2.24, 2.45) is 0 Å². The first-order valence-electron chi connectivity index (χ1n) is 8.52. The molecule has 126 valence electrons. The third-order valence-corrected chi connectivity index (χ3v) is 5.06. The fourth-order valence-corrected chi connectivity index (χ4v) is 3.70. The van der Waals surface area contributed by atoms with Gasteiger partial charge >= 0.3 is 0 Å². The summed E-state index contributed by atoms with van der Waals surface area (Å²) in [6.45, 7) is 2.07. The topological polar surface area (TPSA) is 67.8 Å². The summed E-state index contributed by atoms with van der Waals surface area (Å²) >= 11 is 0. The van der Waals surface area contributed by atoms with Gasteiger partial charge in [0, 0.05) is 29.7 Å². The molecule has 3 aromatic heterocycles. The van der Waals surface area contributed by atoms with E-state index in [9.17, 15) is 0 Å². The van der Waals surface area contributed by atoms with E-state index in [1.165, 1.54) is 5.52 Å². The van der Waals surface area contributed by atoms with Crippen molar-refractivity contribution >= 4 is 22.1 Å². The van der Waals surface area contributed by atoms with Gasteiger partial charge in [0.1, 0.15) is 11.4 Å². The van der Waals surface area contributed by atoms with Crippen LogP contribution in [0.3, 0.4) is 0 Å². The lowest BCUT2D eigenvalue weighted by atomic mass is 10.0. The van der Waals surface area contributed by atoms with Crippen molar-refractivity contribution < 1.29 is 4.74 Å². The molecular formula is C19H19N5O. The summed E-state index contributed by atoms with van der Waals surface area (Å²) in [5.41, 5.74) is 5.36. The summed E-state index contributed by atoms with van der Waals surface area (Å²) in [6.07, 6.45) is 6.85.